The zero-order valence-corrected chi connectivity index (χ0v) is 12.5. The molecule has 5 heteroatoms. The molecule has 0 heterocycles. The van der Waals surface area contributed by atoms with E-state index in [1.165, 1.54) is 0 Å². The minimum atomic E-state index is 0. The zero-order valence-electron chi connectivity index (χ0n) is 10.2. The molecule has 0 atom stereocenters. The molecule has 0 radical (unpaired) electrons. The van der Waals surface area contributed by atoms with Crippen LogP contribution in [0.3, 0.4) is 0 Å². The molecule has 1 aromatic carbocycles. The highest BCUT2D eigenvalue weighted by Crippen LogP contribution is 2.14. The van der Waals surface area contributed by atoms with Crippen LogP contribution >= 0.6 is 24.0 Å². The van der Waals surface area contributed by atoms with Crippen LogP contribution in [0.15, 0.2) is 29.3 Å². The van der Waals surface area contributed by atoms with Crippen LogP contribution in [-0.2, 0) is 6.54 Å². The maximum absolute atomic E-state index is 5.60. The molecule has 4 N–H and O–H groups in total. The van der Waals surface area contributed by atoms with Crippen LogP contribution in [0.4, 0.5) is 0 Å². The number of guanidine groups is 1. The van der Waals surface area contributed by atoms with E-state index in [4.69, 9.17) is 16.2 Å². The molecule has 0 aliphatic rings. The first kappa shape index (κ1) is 16.0. The predicted octanol–water partition coefficient (Wildman–Crippen LogP) is 2.11. The molecule has 1 rings (SSSR count). The zero-order chi connectivity index (χ0) is 12.0. The van der Waals surface area contributed by atoms with Crippen LogP contribution in [0.25, 0.3) is 0 Å². The highest BCUT2D eigenvalue weighted by atomic mass is 127. The number of rotatable bonds is 5. The molecule has 4 nitrogen and oxygen atoms in total. The number of nitrogens with two attached hydrogens (primary N) is 2. The Morgan fingerprint density at radius 2 is 2.06 bits per heavy atom. The largest absolute Gasteiger partial charge is 0.493 e. The van der Waals surface area contributed by atoms with Gasteiger partial charge in [0.1, 0.15) is 5.75 Å². The topological polar surface area (TPSA) is 73.6 Å². The second-order valence-electron chi connectivity index (χ2n) is 4.09. The van der Waals surface area contributed by atoms with Gasteiger partial charge in [-0.3, -0.25) is 0 Å². The van der Waals surface area contributed by atoms with Gasteiger partial charge in [0, 0.05) is 0 Å². The Hall–Kier alpha value is -0.980. The molecule has 0 saturated heterocycles. The van der Waals surface area contributed by atoms with E-state index in [1.807, 2.05) is 24.3 Å². The van der Waals surface area contributed by atoms with E-state index in [0.717, 1.165) is 11.3 Å². The monoisotopic (exact) mass is 349 g/mol. The highest BCUT2D eigenvalue weighted by molar-refractivity contribution is 14.0. The van der Waals surface area contributed by atoms with Crippen LogP contribution < -0.4 is 16.2 Å². The first-order chi connectivity index (χ1) is 7.58. The third kappa shape index (κ3) is 7.04. The van der Waals surface area contributed by atoms with E-state index in [1.54, 1.807) is 0 Å². The Morgan fingerprint density at radius 3 is 2.65 bits per heavy atom. The van der Waals surface area contributed by atoms with E-state index in [9.17, 15) is 0 Å². The molecule has 0 saturated carbocycles. The lowest BCUT2D eigenvalue weighted by Gasteiger charge is -2.09. The predicted molar refractivity (Wildman–Crippen MR) is 81.7 cm³/mol. The maximum Gasteiger partial charge on any atom is 0.186 e. The van der Waals surface area contributed by atoms with E-state index in [-0.39, 0.29) is 29.9 Å². The average molecular weight is 349 g/mol. The number of hydrogen-bond acceptors (Lipinski definition) is 2. The molecule has 0 spiro atoms. The third-order valence-electron chi connectivity index (χ3n) is 1.93. The second kappa shape index (κ2) is 8.16. The molecule has 17 heavy (non-hydrogen) atoms. The Kier molecular flexibility index (Phi) is 7.69. The molecule has 96 valence electrons. The summed E-state index contributed by atoms with van der Waals surface area (Å²) in [5.41, 5.74) is 11.6. The summed E-state index contributed by atoms with van der Waals surface area (Å²) in [4.78, 5) is 3.95. The number of nitrogens with zero attached hydrogens (tertiary/aromatic N) is 1. The van der Waals surface area contributed by atoms with Crippen molar-refractivity contribution in [1.82, 2.24) is 0 Å². The van der Waals surface area contributed by atoms with E-state index >= 15 is 0 Å². The Bertz CT molecular complexity index is 363. The van der Waals surface area contributed by atoms with E-state index in [2.05, 4.69) is 18.8 Å². The standard InChI is InChI=1S/C12H19N3O.HI/c1-9(2)8-16-11-5-3-4-10(6-11)7-15-12(13)14;/h3-6,9H,7-8H2,1-2H3,(H4,13,14,15);1H. The molecule has 0 unspecified atom stereocenters. The molecule has 0 amide bonds. The first-order valence-corrected chi connectivity index (χ1v) is 5.35. The smallest absolute Gasteiger partial charge is 0.186 e. The van der Waals surface area contributed by atoms with Crippen LogP contribution in [0, 0.1) is 5.92 Å². The second-order valence-corrected chi connectivity index (χ2v) is 4.09. The lowest BCUT2D eigenvalue weighted by atomic mass is 10.2. The fourth-order valence-corrected chi connectivity index (χ4v) is 1.18. The van der Waals surface area contributed by atoms with E-state index in [0.29, 0.717) is 19.1 Å². The number of benzene rings is 1. The quantitative estimate of drug-likeness (QED) is 0.486. The van der Waals surface area contributed by atoms with Crippen LogP contribution in [0.1, 0.15) is 19.4 Å². The minimum absolute atomic E-state index is 0. The average Bonchev–Trinajstić information content (AvgIpc) is 2.24. The minimum Gasteiger partial charge on any atom is -0.493 e. The van der Waals surface area contributed by atoms with Gasteiger partial charge in [-0.05, 0) is 23.6 Å². The van der Waals surface area contributed by atoms with Gasteiger partial charge in [0.05, 0.1) is 13.2 Å². The summed E-state index contributed by atoms with van der Waals surface area (Å²) in [6.07, 6.45) is 0. The SMILES string of the molecule is CC(C)COc1cccc(CN=C(N)N)c1.I. The lowest BCUT2D eigenvalue weighted by Crippen LogP contribution is -2.22. The Balaban J connectivity index is 0.00000256. The van der Waals surface area contributed by atoms with Crippen molar-refractivity contribution < 1.29 is 4.74 Å². The molecule has 1 aromatic rings. The lowest BCUT2D eigenvalue weighted by molar-refractivity contribution is 0.271. The van der Waals surface area contributed by atoms with Gasteiger partial charge in [-0.25, -0.2) is 4.99 Å². The normalized spacial score (nSPS) is 9.59. The van der Waals surface area contributed by atoms with Crippen LogP contribution in [-0.4, -0.2) is 12.6 Å². The van der Waals surface area contributed by atoms with Crippen molar-refractivity contribution >= 4 is 29.9 Å². The van der Waals surface area contributed by atoms with Crippen molar-refractivity contribution in [3.8, 4) is 5.75 Å². The highest BCUT2D eigenvalue weighted by Gasteiger charge is 1.98. The summed E-state index contributed by atoms with van der Waals surface area (Å²) in [6, 6.07) is 7.79. The summed E-state index contributed by atoms with van der Waals surface area (Å²) in [7, 11) is 0. The summed E-state index contributed by atoms with van der Waals surface area (Å²) >= 11 is 0. The fourth-order valence-electron chi connectivity index (χ4n) is 1.18. The van der Waals surface area contributed by atoms with Crippen molar-refractivity contribution in [3.05, 3.63) is 29.8 Å². The third-order valence-corrected chi connectivity index (χ3v) is 1.93. The molecule has 0 fully saturated rings. The van der Waals surface area contributed by atoms with Gasteiger partial charge in [-0.15, -0.1) is 24.0 Å². The van der Waals surface area contributed by atoms with E-state index < -0.39 is 0 Å². The number of ether oxygens (including phenoxy) is 1. The van der Waals surface area contributed by atoms with Crippen LogP contribution in [0.5, 0.6) is 5.75 Å². The van der Waals surface area contributed by atoms with Gasteiger partial charge in [0.2, 0.25) is 0 Å². The Labute approximate surface area is 119 Å². The van der Waals surface area contributed by atoms with Gasteiger partial charge >= 0.3 is 0 Å². The molecule has 0 aromatic heterocycles. The van der Waals surface area contributed by atoms with Crippen molar-refractivity contribution in [2.75, 3.05) is 6.61 Å². The summed E-state index contributed by atoms with van der Waals surface area (Å²) in [6.45, 7) is 5.43. The molecule has 0 aliphatic heterocycles. The fraction of sp³-hybridized carbons (Fsp3) is 0.417. The molecule has 0 bridgehead atoms. The first-order valence-electron chi connectivity index (χ1n) is 5.35. The van der Waals surface area contributed by atoms with Gasteiger partial charge in [0.25, 0.3) is 0 Å². The Morgan fingerprint density at radius 1 is 1.35 bits per heavy atom. The molecular weight excluding hydrogens is 329 g/mol. The van der Waals surface area contributed by atoms with Gasteiger partial charge in [0.15, 0.2) is 5.96 Å². The molecule has 0 aliphatic carbocycles. The number of aliphatic imine (C=N–C) groups is 1. The van der Waals surface area contributed by atoms with Crippen LogP contribution in [0.2, 0.25) is 0 Å². The van der Waals surface area contributed by atoms with Gasteiger partial charge < -0.3 is 16.2 Å². The number of halogens is 1. The van der Waals surface area contributed by atoms with Gasteiger partial charge in [-0.1, -0.05) is 26.0 Å². The van der Waals surface area contributed by atoms with Crippen molar-refractivity contribution in [2.45, 2.75) is 20.4 Å². The molecular formula is C12H20IN3O. The van der Waals surface area contributed by atoms with Crippen molar-refractivity contribution in [2.24, 2.45) is 22.4 Å². The summed E-state index contributed by atoms with van der Waals surface area (Å²) in [5.74, 6) is 1.48. The van der Waals surface area contributed by atoms with Crippen molar-refractivity contribution in [1.29, 1.82) is 0 Å². The summed E-state index contributed by atoms with van der Waals surface area (Å²) in [5, 5.41) is 0. The van der Waals surface area contributed by atoms with Crippen molar-refractivity contribution in [3.63, 3.8) is 0 Å². The maximum atomic E-state index is 5.60. The number of hydrogen-bond donors (Lipinski definition) is 2. The summed E-state index contributed by atoms with van der Waals surface area (Å²) < 4.78 is 5.60. The van der Waals surface area contributed by atoms with Gasteiger partial charge in [-0.2, -0.15) is 0 Å².